The number of fused-ring (bicyclic) bond motifs is 1. The SMILES string of the molecule is C[C@H](NC(=O)c1cnc2ccc(Cl)cc2c1)C(=O)N1CCC2(CC1)CC2. The Morgan fingerprint density at radius 2 is 1.92 bits per heavy atom. The number of likely N-dealkylation sites (tertiary alicyclic amines) is 1. The molecule has 0 bridgehead atoms. The molecular formula is C20H22ClN3O2. The zero-order valence-electron chi connectivity index (χ0n) is 14.8. The summed E-state index contributed by atoms with van der Waals surface area (Å²) >= 11 is 6.01. The van der Waals surface area contributed by atoms with Gasteiger partial charge in [0.05, 0.1) is 11.1 Å². The van der Waals surface area contributed by atoms with Gasteiger partial charge in [-0.3, -0.25) is 14.6 Å². The van der Waals surface area contributed by atoms with Crippen molar-refractivity contribution in [3.63, 3.8) is 0 Å². The molecule has 2 fully saturated rings. The van der Waals surface area contributed by atoms with Gasteiger partial charge < -0.3 is 10.2 Å². The van der Waals surface area contributed by atoms with Gasteiger partial charge in [-0.05, 0) is 62.3 Å². The summed E-state index contributed by atoms with van der Waals surface area (Å²) in [5, 5.41) is 4.20. The molecule has 1 spiro atoms. The number of carbonyl (C=O) groups is 2. The summed E-state index contributed by atoms with van der Waals surface area (Å²) in [6.07, 6.45) is 6.32. The van der Waals surface area contributed by atoms with Gasteiger partial charge in [0, 0.05) is 29.7 Å². The van der Waals surface area contributed by atoms with Gasteiger partial charge in [0.1, 0.15) is 6.04 Å². The molecule has 2 amide bonds. The Hall–Kier alpha value is -2.14. The van der Waals surface area contributed by atoms with Crippen LogP contribution in [0.3, 0.4) is 0 Å². The molecule has 6 heteroatoms. The van der Waals surface area contributed by atoms with E-state index >= 15 is 0 Å². The zero-order chi connectivity index (χ0) is 18.3. The lowest BCUT2D eigenvalue weighted by Crippen LogP contribution is -2.49. The first-order valence-corrected chi connectivity index (χ1v) is 9.49. The molecule has 4 rings (SSSR count). The van der Waals surface area contributed by atoms with E-state index in [1.54, 1.807) is 25.1 Å². The fourth-order valence-electron chi connectivity index (χ4n) is 3.72. The first-order chi connectivity index (χ1) is 12.5. The van der Waals surface area contributed by atoms with Crippen molar-refractivity contribution in [2.45, 2.75) is 38.6 Å². The summed E-state index contributed by atoms with van der Waals surface area (Å²) in [6.45, 7) is 3.34. The van der Waals surface area contributed by atoms with Crippen LogP contribution >= 0.6 is 11.6 Å². The second kappa shape index (κ2) is 6.54. The molecule has 1 saturated carbocycles. The summed E-state index contributed by atoms with van der Waals surface area (Å²) in [4.78, 5) is 31.3. The van der Waals surface area contributed by atoms with E-state index in [0.717, 1.165) is 36.8 Å². The van der Waals surface area contributed by atoms with Crippen molar-refractivity contribution in [2.24, 2.45) is 5.41 Å². The Balaban J connectivity index is 1.41. The molecule has 2 heterocycles. The normalized spacial score (nSPS) is 19.4. The Kier molecular flexibility index (Phi) is 4.35. The van der Waals surface area contributed by atoms with Crippen molar-refractivity contribution in [2.75, 3.05) is 13.1 Å². The van der Waals surface area contributed by atoms with Gasteiger partial charge in [0.15, 0.2) is 0 Å². The summed E-state index contributed by atoms with van der Waals surface area (Å²) in [7, 11) is 0. The van der Waals surface area contributed by atoms with Gasteiger partial charge in [-0.2, -0.15) is 0 Å². The summed E-state index contributed by atoms with van der Waals surface area (Å²) in [6, 6.07) is 6.55. The number of carbonyl (C=O) groups excluding carboxylic acids is 2. The smallest absolute Gasteiger partial charge is 0.253 e. The van der Waals surface area contributed by atoms with Crippen molar-refractivity contribution in [1.29, 1.82) is 0 Å². The minimum atomic E-state index is -0.550. The first kappa shape index (κ1) is 17.3. The van der Waals surface area contributed by atoms with Crippen LogP contribution in [0.5, 0.6) is 0 Å². The van der Waals surface area contributed by atoms with Crippen molar-refractivity contribution < 1.29 is 9.59 Å². The highest BCUT2D eigenvalue weighted by Crippen LogP contribution is 2.53. The second-order valence-electron chi connectivity index (χ2n) is 7.58. The van der Waals surface area contributed by atoms with E-state index in [9.17, 15) is 9.59 Å². The van der Waals surface area contributed by atoms with Crippen LogP contribution < -0.4 is 5.32 Å². The van der Waals surface area contributed by atoms with E-state index in [1.807, 2.05) is 11.0 Å². The van der Waals surface area contributed by atoms with E-state index in [2.05, 4.69) is 10.3 Å². The highest BCUT2D eigenvalue weighted by molar-refractivity contribution is 6.31. The largest absolute Gasteiger partial charge is 0.341 e. The number of hydrogen-bond donors (Lipinski definition) is 1. The molecule has 2 aliphatic rings. The van der Waals surface area contributed by atoms with Crippen molar-refractivity contribution >= 4 is 34.3 Å². The Labute approximate surface area is 157 Å². The topological polar surface area (TPSA) is 62.3 Å². The fraction of sp³-hybridized carbons (Fsp3) is 0.450. The molecule has 26 heavy (non-hydrogen) atoms. The maximum Gasteiger partial charge on any atom is 0.253 e. The maximum atomic E-state index is 12.6. The van der Waals surface area contributed by atoms with E-state index in [4.69, 9.17) is 11.6 Å². The highest BCUT2D eigenvalue weighted by Gasteiger charge is 2.45. The predicted octanol–water partition coefficient (Wildman–Crippen LogP) is 3.41. The quantitative estimate of drug-likeness (QED) is 0.899. The van der Waals surface area contributed by atoms with Gasteiger partial charge in [-0.25, -0.2) is 0 Å². The van der Waals surface area contributed by atoms with Crippen LogP contribution in [0.4, 0.5) is 0 Å². The van der Waals surface area contributed by atoms with E-state index in [-0.39, 0.29) is 11.8 Å². The minimum absolute atomic E-state index is 0.00866. The zero-order valence-corrected chi connectivity index (χ0v) is 15.6. The second-order valence-corrected chi connectivity index (χ2v) is 8.02. The predicted molar refractivity (Wildman–Crippen MR) is 101 cm³/mol. The average Bonchev–Trinajstić information content (AvgIpc) is 3.40. The molecule has 1 aliphatic carbocycles. The summed E-state index contributed by atoms with van der Waals surface area (Å²) in [5.41, 5.74) is 1.73. The monoisotopic (exact) mass is 371 g/mol. The van der Waals surface area contributed by atoms with Crippen LogP contribution in [0.15, 0.2) is 30.5 Å². The molecule has 1 saturated heterocycles. The van der Waals surface area contributed by atoms with Gasteiger partial charge in [0.2, 0.25) is 5.91 Å². The minimum Gasteiger partial charge on any atom is -0.341 e. The molecule has 5 nitrogen and oxygen atoms in total. The molecule has 1 aliphatic heterocycles. The number of amides is 2. The number of halogens is 1. The Bertz CT molecular complexity index is 868. The van der Waals surface area contributed by atoms with Crippen molar-refractivity contribution in [3.05, 3.63) is 41.0 Å². The van der Waals surface area contributed by atoms with E-state index in [1.165, 1.54) is 19.0 Å². The molecule has 0 unspecified atom stereocenters. The molecular weight excluding hydrogens is 350 g/mol. The standard InChI is InChI=1S/C20H22ClN3O2/c1-13(19(26)24-8-6-20(4-5-20)7-9-24)23-18(25)15-10-14-11-16(21)2-3-17(14)22-12-15/h2-3,10-13H,4-9H2,1H3,(H,23,25)/t13-/m0/s1. The molecule has 1 N–H and O–H groups in total. The molecule has 1 aromatic heterocycles. The Morgan fingerprint density at radius 3 is 2.62 bits per heavy atom. The van der Waals surface area contributed by atoms with Crippen molar-refractivity contribution in [3.8, 4) is 0 Å². The first-order valence-electron chi connectivity index (χ1n) is 9.11. The lowest BCUT2D eigenvalue weighted by Gasteiger charge is -2.33. The van der Waals surface area contributed by atoms with Crippen LogP contribution in [-0.2, 0) is 4.79 Å². The van der Waals surface area contributed by atoms with Gasteiger partial charge >= 0.3 is 0 Å². The number of hydrogen-bond acceptors (Lipinski definition) is 3. The Morgan fingerprint density at radius 1 is 1.19 bits per heavy atom. The highest BCUT2D eigenvalue weighted by atomic mass is 35.5. The number of pyridine rings is 1. The van der Waals surface area contributed by atoms with Crippen molar-refractivity contribution in [1.82, 2.24) is 15.2 Å². The van der Waals surface area contributed by atoms with Crippen LogP contribution in [0.25, 0.3) is 10.9 Å². The number of nitrogens with one attached hydrogen (secondary N) is 1. The lowest BCUT2D eigenvalue weighted by atomic mass is 9.93. The number of rotatable bonds is 3. The van der Waals surface area contributed by atoms with Crippen LogP contribution in [0.2, 0.25) is 5.02 Å². The maximum absolute atomic E-state index is 12.6. The van der Waals surface area contributed by atoms with Gasteiger partial charge in [0.25, 0.3) is 5.91 Å². The molecule has 136 valence electrons. The fourth-order valence-corrected chi connectivity index (χ4v) is 3.90. The van der Waals surface area contributed by atoms with E-state index in [0.29, 0.717) is 16.0 Å². The number of benzene rings is 1. The van der Waals surface area contributed by atoms with Crippen LogP contribution in [-0.4, -0.2) is 40.8 Å². The summed E-state index contributed by atoms with van der Waals surface area (Å²) in [5.74, 6) is -0.304. The third-order valence-corrected chi connectivity index (χ3v) is 5.95. The molecule has 0 radical (unpaired) electrons. The van der Waals surface area contributed by atoms with Crippen LogP contribution in [0.1, 0.15) is 43.0 Å². The molecule has 2 aromatic rings. The average molecular weight is 372 g/mol. The number of piperidine rings is 1. The van der Waals surface area contributed by atoms with E-state index < -0.39 is 6.04 Å². The number of nitrogens with zero attached hydrogens (tertiary/aromatic N) is 2. The lowest BCUT2D eigenvalue weighted by molar-refractivity contribution is -0.134. The molecule has 1 aromatic carbocycles. The van der Waals surface area contributed by atoms with Gasteiger partial charge in [-0.15, -0.1) is 0 Å². The summed E-state index contributed by atoms with van der Waals surface area (Å²) < 4.78 is 0. The third-order valence-electron chi connectivity index (χ3n) is 5.72. The number of aromatic nitrogens is 1. The van der Waals surface area contributed by atoms with Crippen LogP contribution in [0, 0.1) is 5.41 Å². The van der Waals surface area contributed by atoms with Gasteiger partial charge in [-0.1, -0.05) is 11.6 Å². The third kappa shape index (κ3) is 3.40. The molecule has 1 atom stereocenters.